The van der Waals surface area contributed by atoms with Gasteiger partial charge in [0.15, 0.2) is 0 Å². The van der Waals surface area contributed by atoms with Crippen molar-refractivity contribution in [2.45, 2.75) is 0 Å². The maximum absolute atomic E-state index is 8.82. The molecule has 0 radical (unpaired) electrons. The fourth-order valence-corrected chi connectivity index (χ4v) is 2.14. The van der Waals surface area contributed by atoms with E-state index in [4.69, 9.17) is 10.00 Å². The lowest BCUT2D eigenvalue weighted by Crippen LogP contribution is -1.93. The summed E-state index contributed by atoms with van der Waals surface area (Å²) < 4.78 is 5.27. The lowest BCUT2D eigenvalue weighted by atomic mass is 10.1. The molecule has 0 saturated heterocycles. The molecule has 0 aliphatic rings. The number of rotatable bonds is 3. The zero-order valence-corrected chi connectivity index (χ0v) is 11.5. The van der Waals surface area contributed by atoms with E-state index in [1.165, 1.54) is 0 Å². The summed E-state index contributed by atoms with van der Waals surface area (Å²) >= 11 is 0. The molecule has 0 aliphatic heterocycles. The van der Waals surface area contributed by atoms with Crippen molar-refractivity contribution < 1.29 is 4.74 Å². The normalized spacial score (nSPS) is 10.1. The van der Waals surface area contributed by atoms with Gasteiger partial charge >= 0.3 is 0 Å². The number of anilines is 2. The third-order valence-corrected chi connectivity index (χ3v) is 3.24. The summed E-state index contributed by atoms with van der Waals surface area (Å²) in [5.74, 6) is 0.790. The zero-order chi connectivity index (χ0) is 14.7. The Bertz CT molecular complexity index is 820. The summed E-state index contributed by atoms with van der Waals surface area (Å²) in [5.41, 5.74) is 3.41. The van der Waals surface area contributed by atoms with Gasteiger partial charge in [-0.05, 0) is 48.5 Å². The van der Waals surface area contributed by atoms with Gasteiger partial charge in [-0.2, -0.15) is 5.26 Å². The van der Waals surface area contributed by atoms with Crippen LogP contribution in [0, 0.1) is 11.3 Å². The van der Waals surface area contributed by atoms with Gasteiger partial charge in [-0.25, -0.2) is 0 Å². The van der Waals surface area contributed by atoms with Crippen molar-refractivity contribution in [1.82, 2.24) is 4.98 Å². The van der Waals surface area contributed by atoms with E-state index in [1.807, 2.05) is 36.4 Å². The number of methoxy groups -OCH3 is 1. The van der Waals surface area contributed by atoms with Crippen LogP contribution in [0.2, 0.25) is 0 Å². The van der Waals surface area contributed by atoms with Crippen LogP contribution in [0.1, 0.15) is 5.56 Å². The SMILES string of the molecule is COc1ccc2nccc(Nc3ccc(C#N)cc3)c2c1. The van der Waals surface area contributed by atoms with Gasteiger partial charge in [-0.15, -0.1) is 0 Å². The molecule has 4 nitrogen and oxygen atoms in total. The summed E-state index contributed by atoms with van der Waals surface area (Å²) in [4.78, 5) is 4.35. The molecule has 102 valence electrons. The summed E-state index contributed by atoms with van der Waals surface area (Å²) in [6.07, 6.45) is 1.76. The van der Waals surface area contributed by atoms with Crippen molar-refractivity contribution in [1.29, 1.82) is 5.26 Å². The summed E-state index contributed by atoms with van der Waals surface area (Å²) in [5, 5.41) is 13.2. The Morgan fingerprint density at radius 1 is 1.10 bits per heavy atom. The monoisotopic (exact) mass is 275 g/mol. The Morgan fingerprint density at radius 2 is 1.90 bits per heavy atom. The van der Waals surface area contributed by atoms with Crippen molar-refractivity contribution >= 4 is 22.3 Å². The quantitative estimate of drug-likeness (QED) is 0.788. The number of hydrogen-bond donors (Lipinski definition) is 1. The van der Waals surface area contributed by atoms with E-state index in [1.54, 1.807) is 25.4 Å². The lowest BCUT2D eigenvalue weighted by Gasteiger charge is -2.10. The summed E-state index contributed by atoms with van der Waals surface area (Å²) in [7, 11) is 1.64. The zero-order valence-electron chi connectivity index (χ0n) is 11.5. The molecule has 3 rings (SSSR count). The standard InChI is InChI=1S/C17H13N3O/c1-21-14-6-7-16-15(10-14)17(8-9-19-16)20-13-4-2-12(11-18)3-5-13/h2-10H,1H3,(H,19,20). The van der Waals surface area contributed by atoms with Crippen molar-refractivity contribution in [2.24, 2.45) is 0 Å². The number of ether oxygens (including phenoxy) is 1. The van der Waals surface area contributed by atoms with E-state index >= 15 is 0 Å². The Kier molecular flexibility index (Phi) is 3.40. The largest absolute Gasteiger partial charge is 0.497 e. The van der Waals surface area contributed by atoms with Gasteiger partial charge in [-0.1, -0.05) is 0 Å². The Balaban J connectivity index is 2.01. The van der Waals surface area contributed by atoms with Crippen LogP contribution < -0.4 is 10.1 Å². The van der Waals surface area contributed by atoms with E-state index in [0.29, 0.717) is 5.56 Å². The third kappa shape index (κ3) is 2.63. The first-order valence-corrected chi connectivity index (χ1v) is 6.50. The molecular weight excluding hydrogens is 262 g/mol. The minimum Gasteiger partial charge on any atom is -0.497 e. The molecule has 1 aromatic heterocycles. The van der Waals surface area contributed by atoms with Crippen molar-refractivity contribution in [3.63, 3.8) is 0 Å². The maximum atomic E-state index is 8.82. The van der Waals surface area contributed by atoms with E-state index in [-0.39, 0.29) is 0 Å². The van der Waals surface area contributed by atoms with Crippen LogP contribution in [0.25, 0.3) is 10.9 Å². The molecule has 0 atom stereocenters. The van der Waals surface area contributed by atoms with Gasteiger partial charge in [0.1, 0.15) is 5.75 Å². The highest BCUT2D eigenvalue weighted by molar-refractivity contribution is 5.93. The highest BCUT2D eigenvalue weighted by Gasteiger charge is 2.04. The van der Waals surface area contributed by atoms with E-state index in [2.05, 4.69) is 16.4 Å². The van der Waals surface area contributed by atoms with Crippen molar-refractivity contribution in [3.05, 3.63) is 60.3 Å². The van der Waals surface area contributed by atoms with E-state index in [0.717, 1.165) is 28.0 Å². The molecule has 21 heavy (non-hydrogen) atoms. The number of nitrogens with zero attached hydrogens (tertiary/aromatic N) is 2. The number of fused-ring (bicyclic) bond motifs is 1. The minimum absolute atomic E-state index is 0.641. The van der Waals surface area contributed by atoms with Crippen LogP contribution in [-0.2, 0) is 0 Å². The topological polar surface area (TPSA) is 57.9 Å². The molecule has 4 heteroatoms. The molecule has 1 N–H and O–H groups in total. The molecule has 0 spiro atoms. The van der Waals surface area contributed by atoms with Crippen molar-refractivity contribution in [3.8, 4) is 11.8 Å². The molecule has 0 aliphatic carbocycles. The number of pyridine rings is 1. The molecule has 1 heterocycles. The van der Waals surface area contributed by atoms with Crippen LogP contribution in [0.5, 0.6) is 5.75 Å². The number of benzene rings is 2. The number of nitriles is 1. The fraction of sp³-hybridized carbons (Fsp3) is 0.0588. The first-order valence-electron chi connectivity index (χ1n) is 6.50. The second-order valence-electron chi connectivity index (χ2n) is 4.56. The summed E-state index contributed by atoms with van der Waals surface area (Å²) in [6, 6.07) is 17.1. The average molecular weight is 275 g/mol. The first-order chi connectivity index (χ1) is 10.3. The number of aromatic nitrogens is 1. The highest BCUT2D eigenvalue weighted by Crippen LogP contribution is 2.28. The van der Waals surface area contributed by atoms with Gasteiger partial charge < -0.3 is 10.1 Å². The predicted octanol–water partition coefficient (Wildman–Crippen LogP) is 3.86. The van der Waals surface area contributed by atoms with Crippen LogP contribution >= 0.6 is 0 Å². The maximum Gasteiger partial charge on any atom is 0.119 e. The third-order valence-electron chi connectivity index (χ3n) is 3.24. The van der Waals surface area contributed by atoms with Crippen LogP contribution in [-0.4, -0.2) is 12.1 Å². The van der Waals surface area contributed by atoms with Crippen LogP contribution in [0.15, 0.2) is 54.7 Å². The average Bonchev–Trinajstić information content (AvgIpc) is 2.55. The van der Waals surface area contributed by atoms with Gasteiger partial charge in [-0.3, -0.25) is 4.98 Å². The molecule has 0 unspecified atom stereocenters. The molecule has 0 bridgehead atoms. The Morgan fingerprint density at radius 3 is 2.62 bits per heavy atom. The molecule has 2 aromatic carbocycles. The Labute approximate surface area is 122 Å². The van der Waals surface area contributed by atoms with E-state index in [9.17, 15) is 0 Å². The van der Waals surface area contributed by atoms with Crippen LogP contribution in [0.4, 0.5) is 11.4 Å². The Hall–Kier alpha value is -3.06. The number of hydrogen-bond acceptors (Lipinski definition) is 4. The highest BCUT2D eigenvalue weighted by atomic mass is 16.5. The van der Waals surface area contributed by atoms with Gasteiger partial charge in [0.2, 0.25) is 0 Å². The minimum atomic E-state index is 0.641. The van der Waals surface area contributed by atoms with E-state index < -0.39 is 0 Å². The molecule has 3 aromatic rings. The van der Waals surface area contributed by atoms with Gasteiger partial charge in [0.05, 0.1) is 24.3 Å². The van der Waals surface area contributed by atoms with Crippen LogP contribution in [0.3, 0.4) is 0 Å². The fourth-order valence-electron chi connectivity index (χ4n) is 2.14. The second kappa shape index (κ2) is 5.51. The molecule has 0 saturated carbocycles. The molecular formula is C17H13N3O. The molecule has 0 amide bonds. The molecule has 0 fully saturated rings. The van der Waals surface area contributed by atoms with Gasteiger partial charge in [0, 0.05) is 23.0 Å². The first kappa shape index (κ1) is 12.9. The lowest BCUT2D eigenvalue weighted by molar-refractivity contribution is 0.415. The second-order valence-corrected chi connectivity index (χ2v) is 4.56. The van der Waals surface area contributed by atoms with Gasteiger partial charge in [0.25, 0.3) is 0 Å². The van der Waals surface area contributed by atoms with Crippen molar-refractivity contribution in [2.75, 3.05) is 12.4 Å². The summed E-state index contributed by atoms with van der Waals surface area (Å²) in [6.45, 7) is 0. The predicted molar refractivity (Wildman–Crippen MR) is 82.7 cm³/mol. The smallest absolute Gasteiger partial charge is 0.119 e. The number of nitrogens with one attached hydrogen (secondary N) is 1.